The number of nitrogens with zero attached hydrogens (tertiary/aromatic N) is 1. The average Bonchev–Trinajstić information content (AvgIpc) is 2.85. The van der Waals surface area contributed by atoms with Crippen LogP contribution in [-0.2, 0) is 25.7 Å². The van der Waals surface area contributed by atoms with Crippen molar-refractivity contribution in [3.05, 3.63) is 35.9 Å². The van der Waals surface area contributed by atoms with Gasteiger partial charge in [-0.25, -0.2) is 4.79 Å². The van der Waals surface area contributed by atoms with Gasteiger partial charge in [-0.2, -0.15) is 0 Å². The number of ether oxygens (including phenoxy) is 2. The van der Waals surface area contributed by atoms with Crippen LogP contribution in [0.25, 0.3) is 0 Å². The molecule has 1 aromatic rings. The van der Waals surface area contributed by atoms with E-state index in [0.29, 0.717) is 26.0 Å². The van der Waals surface area contributed by atoms with Crippen LogP contribution in [0.5, 0.6) is 0 Å². The lowest BCUT2D eigenvalue weighted by molar-refractivity contribution is -0.153. The fourth-order valence-electron chi connectivity index (χ4n) is 2.27. The molecule has 1 aliphatic rings. The Labute approximate surface area is 118 Å². The van der Waals surface area contributed by atoms with Gasteiger partial charge in [-0.3, -0.25) is 4.79 Å². The molecule has 0 saturated carbocycles. The molecule has 0 unspecified atom stereocenters. The van der Waals surface area contributed by atoms with Crippen molar-refractivity contribution < 1.29 is 19.1 Å². The number of hydrogen-bond acceptors (Lipinski definition) is 4. The summed E-state index contributed by atoms with van der Waals surface area (Å²) < 4.78 is 10.3. The van der Waals surface area contributed by atoms with Crippen molar-refractivity contribution >= 4 is 11.9 Å². The third-order valence-electron chi connectivity index (χ3n) is 3.36. The van der Waals surface area contributed by atoms with Crippen molar-refractivity contribution in [1.82, 2.24) is 4.90 Å². The Morgan fingerprint density at radius 2 is 2.10 bits per heavy atom. The van der Waals surface area contributed by atoms with E-state index in [1.165, 1.54) is 0 Å². The summed E-state index contributed by atoms with van der Waals surface area (Å²) >= 11 is 0. The van der Waals surface area contributed by atoms with Gasteiger partial charge in [0.2, 0.25) is 5.91 Å². The first-order chi connectivity index (χ1) is 9.72. The lowest BCUT2D eigenvalue weighted by Crippen LogP contribution is -2.41. The van der Waals surface area contributed by atoms with Crippen LogP contribution in [-0.4, -0.2) is 43.1 Å². The van der Waals surface area contributed by atoms with E-state index < -0.39 is 6.04 Å². The van der Waals surface area contributed by atoms with E-state index in [-0.39, 0.29) is 18.5 Å². The van der Waals surface area contributed by atoms with Crippen LogP contribution in [0.4, 0.5) is 0 Å². The van der Waals surface area contributed by atoms with Crippen molar-refractivity contribution in [1.29, 1.82) is 0 Å². The van der Waals surface area contributed by atoms with Crippen molar-refractivity contribution in [3.63, 3.8) is 0 Å². The fourth-order valence-corrected chi connectivity index (χ4v) is 2.27. The predicted octanol–water partition coefficient (Wildman–Crippen LogP) is 1.37. The zero-order chi connectivity index (χ0) is 14.4. The molecule has 0 aromatic heterocycles. The summed E-state index contributed by atoms with van der Waals surface area (Å²) in [4.78, 5) is 25.4. The first-order valence-corrected chi connectivity index (χ1v) is 6.71. The molecule has 1 aromatic carbocycles. The zero-order valence-electron chi connectivity index (χ0n) is 11.6. The van der Waals surface area contributed by atoms with Crippen molar-refractivity contribution in [2.75, 3.05) is 20.3 Å². The van der Waals surface area contributed by atoms with Crippen LogP contribution in [0.2, 0.25) is 0 Å². The molecule has 0 bridgehead atoms. The SMILES string of the molecule is COCCN1C(=O)CC[C@H]1C(=O)OCc1ccccc1. The Balaban J connectivity index is 1.89. The summed E-state index contributed by atoms with van der Waals surface area (Å²) in [7, 11) is 1.57. The normalized spacial score (nSPS) is 18.4. The van der Waals surface area contributed by atoms with Gasteiger partial charge in [-0.1, -0.05) is 30.3 Å². The maximum absolute atomic E-state index is 12.1. The number of methoxy groups -OCH3 is 1. The molecule has 1 fully saturated rings. The molecule has 2 rings (SSSR count). The van der Waals surface area contributed by atoms with Gasteiger partial charge in [0.05, 0.1) is 6.61 Å². The number of carbonyl (C=O) groups is 2. The minimum Gasteiger partial charge on any atom is -0.459 e. The Kier molecular flexibility index (Phi) is 5.12. The van der Waals surface area contributed by atoms with E-state index in [9.17, 15) is 9.59 Å². The number of hydrogen-bond donors (Lipinski definition) is 0. The van der Waals surface area contributed by atoms with Crippen molar-refractivity contribution in [2.24, 2.45) is 0 Å². The number of rotatable bonds is 6. The quantitative estimate of drug-likeness (QED) is 0.737. The number of esters is 1. The van der Waals surface area contributed by atoms with Crippen LogP contribution in [0, 0.1) is 0 Å². The summed E-state index contributed by atoms with van der Waals surface area (Å²) in [5.74, 6) is -0.348. The van der Waals surface area contributed by atoms with Gasteiger partial charge < -0.3 is 14.4 Å². The van der Waals surface area contributed by atoms with Crippen LogP contribution in [0.15, 0.2) is 30.3 Å². The van der Waals surface area contributed by atoms with Crippen molar-refractivity contribution in [2.45, 2.75) is 25.5 Å². The summed E-state index contributed by atoms with van der Waals surface area (Å²) in [6.07, 6.45) is 0.922. The van der Waals surface area contributed by atoms with Crippen LogP contribution in [0.1, 0.15) is 18.4 Å². The van der Waals surface area contributed by atoms with Crippen LogP contribution < -0.4 is 0 Å². The molecule has 1 heterocycles. The van der Waals surface area contributed by atoms with E-state index in [0.717, 1.165) is 5.56 Å². The standard InChI is InChI=1S/C15H19NO4/c1-19-10-9-16-13(7-8-14(16)17)15(18)20-11-12-5-3-2-4-6-12/h2-6,13H,7-11H2,1H3/t13-/m0/s1. The predicted molar refractivity (Wildman–Crippen MR) is 72.8 cm³/mol. The summed E-state index contributed by atoms with van der Waals surface area (Å²) in [5, 5.41) is 0. The molecule has 1 aliphatic heterocycles. The number of likely N-dealkylation sites (tertiary alicyclic amines) is 1. The second-order valence-electron chi connectivity index (χ2n) is 4.73. The Hall–Kier alpha value is -1.88. The Morgan fingerprint density at radius 1 is 1.35 bits per heavy atom. The highest BCUT2D eigenvalue weighted by Crippen LogP contribution is 2.20. The van der Waals surface area contributed by atoms with E-state index in [2.05, 4.69) is 0 Å². The number of amides is 1. The molecule has 1 atom stereocenters. The highest BCUT2D eigenvalue weighted by Gasteiger charge is 2.36. The second kappa shape index (κ2) is 7.05. The molecule has 0 spiro atoms. The van der Waals surface area contributed by atoms with Gasteiger partial charge in [0.25, 0.3) is 0 Å². The monoisotopic (exact) mass is 277 g/mol. The topological polar surface area (TPSA) is 55.8 Å². The van der Waals surface area contributed by atoms with Gasteiger partial charge in [0.15, 0.2) is 0 Å². The van der Waals surface area contributed by atoms with Gasteiger partial charge in [0, 0.05) is 20.1 Å². The molecule has 5 heteroatoms. The van der Waals surface area contributed by atoms with E-state index in [4.69, 9.17) is 9.47 Å². The van der Waals surface area contributed by atoms with Gasteiger partial charge >= 0.3 is 5.97 Å². The maximum Gasteiger partial charge on any atom is 0.329 e. The maximum atomic E-state index is 12.1. The summed E-state index contributed by atoms with van der Waals surface area (Å²) in [5.41, 5.74) is 0.939. The highest BCUT2D eigenvalue weighted by atomic mass is 16.5. The van der Waals surface area contributed by atoms with Gasteiger partial charge in [-0.05, 0) is 12.0 Å². The largest absolute Gasteiger partial charge is 0.459 e. The molecule has 5 nitrogen and oxygen atoms in total. The minimum atomic E-state index is -0.471. The molecule has 1 saturated heterocycles. The molecular weight excluding hydrogens is 258 g/mol. The molecule has 108 valence electrons. The Bertz CT molecular complexity index is 460. The van der Waals surface area contributed by atoms with Crippen molar-refractivity contribution in [3.8, 4) is 0 Å². The first kappa shape index (κ1) is 14.5. The van der Waals surface area contributed by atoms with E-state index in [1.54, 1.807) is 12.0 Å². The second-order valence-corrected chi connectivity index (χ2v) is 4.73. The minimum absolute atomic E-state index is 0.0105. The summed E-state index contributed by atoms with van der Waals surface area (Å²) in [6, 6.07) is 9.03. The Morgan fingerprint density at radius 3 is 2.80 bits per heavy atom. The smallest absolute Gasteiger partial charge is 0.329 e. The lowest BCUT2D eigenvalue weighted by atomic mass is 10.2. The highest BCUT2D eigenvalue weighted by molar-refractivity contribution is 5.88. The van der Waals surface area contributed by atoms with Crippen LogP contribution in [0.3, 0.4) is 0 Å². The molecule has 0 N–H and O–H groups in total. The third-order valence-corrected chi connectivity index (χ3v) is 3.36. The van der Waals surface area contributed by atoms with Gasteiger partial charge in [-0.15, -0.1) is 0 Å². The van der Waals surface area contributed by atoms with Crippen LogP contribution >= 0.6 is 0 Å². The fraction of sp³-hybridized carbons (Fsp3) is 0.467. The van der Waals surface area contributed by atoms with E-state index in [1.807, 2.05) is 30.3 Å². The number of carbonyl (C=O) groups excluding carboxylic acids is 2. The van der Waals surface area contributed by atoms with Gasteiger partial charge in [0.1, 0.15) is 12.6 Å². The third kappa shape index (κ3) is 3.57. The number of benzene rings is 1. The average molecular weight is 277 g/mol. The van der Waals surface area contributed by atoms with E-state index >= 15 is 0 Å². The molecule has 20 heavy (non-hydrogen) atoms. The molecule has 1 amide bonds. The lowest BCUT2D eigenvalue weighted by Gasteiger charge is -2.22. The summed E-state index contributed by atoms with van der Waals surface area (Å²) in [6.45, 7) is 1.09. The molecule has 0 radical (unpaired) electrons. The zero-order valence-corrected chi connectivity index (χ0v) is 11.6. The molecule has 0 aliphatic carbocycles. The molecular formula is C15H19NO4. The first-order valence-electron chi connectivity index (χ1n) is 6.71.